The quantitative estimate of drug-likeness (QED) is 0.288. The molecule has 3 nitrogen and oxygen atoms in total. The predicted octanol–water partition coefficient (Wildman–Crippen LogP) is 6.52. The Morgan fingerprint density at radius 1 is 0.923 bits per heavy atom. The standard InChI is InChI=1S/C21H18BrIN2O/c1-15-8-6-7-11-19(15)25(23)20-13-12-16(22)14-18(20)21(26)24(2)17-9-4-3-5-10-17/h3-14H,1-2H3. The summed E-state index contributed by atoms with van der Waals surface area (Å²) in [6.45, 7) is 2.07. The lowest BCUT2D eigenvalue weighted by Gasteiger charge is -2.24. The Morgan fingerprint density at radius 3 is 2.27 bits per heavy atom. The first-order chi connectivity index (χ1) is 12.5. The number of nitrogens with zero attached hydrogens (tertiary/aromatic N) is 2. The summed E-state index contributed by atoms with van der Waals surface area (Å²) in [5.74, 6) is -0.0530. The zero-order chi connectivity index (χ0) is 18.7. The van der Waals surface area contributed by atoms with Crippen LogP contribution in [0.2, 0.25) is 0 Å². The van der Waals surface area contributed by atoms with Crippen LogP contribution in [0.3, 0.4) is 0 Å². The van der Waals surface area contributed by atoms with Gasteiger partial charge in [-0.3, -0.25) is 7.91 Å². The minimum Gasteiger partial charge on any atom is -0.311 e. The van der Waals surface area contributed by atoms with Crippen LogP contribution in [0.25, 0.3) is 0 Å². The van der Waals surface area contributed by atoms with E-state index in [1.54, 1.807) is 11.9 Å². The van der Waals surface area contributed by atoms with Gasteiger partial charge in [0.1, 0.15) is 0 Å². The van der Waals surface area contributed by atoms with Gasteiger partial charge in [-0.05, 0) is 48.9 Å². The molecule has 132 valence electrons. The van der Waals surface area contributed by atoms with Crippen molar-refractivity contribution in [3.8, 4) is 0 Å². The molecule has 0 aliphatic rings. The number of hydrogen-bond donors (Lipinski definition) is 0. The fraction of sp³-hybridized carbons (Fsp3) is 0.0952. The molecule has 0 aliphatic heterocycles. The molecule has 0 N–H and O–H groups in total. The van der Waals surface area contributed by atoms with Crippen molar-refractivity contribution in [1.29, 1.82) is 0 Å². The van der Waals surface area contributed by atoms with Gasteiger partial charge >= 0.3 is 0 Å². The zero-order valence-corrected chi connectivity index (χ0v) is 18.2. The highest BCUT2D eigenvalue weighted by molar-refractivity contribution is 14.1. The Labute approximate surface area is 176 Å². The van der Waals surface area contributed by atoms with E-state index >= 15 is 0 Å². The molecule has 0 aromatic heterocycles. The van der Waals surface area contributed by atoms with Crippen molar-refractivity contribution in [2.45, 2.75) is 6.92 Å². The molecule has 3 aromatic carbocycles. The Kier molecular flexibility index (Phi) is 5.98. The monoisotopic (exact) mass is 520 g/mol. The van der Waals surface area contributed by atoms with Crippen molar-refractivity contribution < 1.29 is 4.79 Å². The van der Waals surface area contributed by atoms with Gasteiger partial charge in [0.25, 0.3) is 5.91 Å². The molecule has 0 bridgehead atoms. The fourth-order valence-electron chi connectivity index (χ4n) is 2.71. The van der Waals surface area contributed by atoms with Crippen LogP contribution in [0.5, 0.6) is 0 Å². The third kappa shape index (κ3) is 3.94. The number of para-hydroxylation sites is 2. The molecule has 5 heteroatoms. The molecule has 3 rings (SSSR count). The lowest BCUT2D eigenvalue weighted by atomic mass is 10.1. The van der Waals surface area contributed by atoms with Gasteiger partial charge < -0.3 is 4.90 Å². The van der Waals surface area contributed by atoms with E-state index < -0.39 is 0 Å². The Bertz CT molecular complexity index is 930. The van der Waals surface area contributed by atoms with Crippen LogP contribution < -0.4 is 8.01 Å². The number of anilines is 3. The number of carbonyl (C=O) groups excluding carboxylic acids is 1. The van der Waals surface area contributed by atoms with E-state index in [9.17, 15) is 4.79 Å². The third-order valence-electron chi connectivity index (χ3n) is 4.18. The van der Waals surface area contributed by atoms with Gasteiger partial charge in [-0.25, -0.2) is 0 Å². The number of rotatable bonds is 4. The topological polar surface area (TPSA) is 23.6 Å². The molecule has 26 heavy (non-hydrogen) atoms. The summed E-state index contributed by atoms with van der Waals surface area (Å²) in [7, 11) is 1.80. The highest BCUT2D eigenvalue weighted by Gasteiger charge is 2.21. The Balaban J connectivity index is 2.04. The molecule has 3 aromatic rings. The number of carbonyl (C=O) groups is 1. The Hall–Kier alpha value is -1.86. The average molecular weight is 521 g/mol. The van der Waals surface area contributed by atoms with Gasteiger partial charge in [0.15, 0.2) is 0 Å². The molecule has 0 fully saturated rings. The highest BCUT2D eigenvalue weighted by Crippen LogP contribution is 2.36. The number of halogens is 2. The first-order valence-corrected chi connectivity index (χ1v) is 9.89. The van der Waals surface area contributed by atoms with Crippen LogP contribution in [0.1, 0.15) is 15.9 Å². The van der Waals surface area contributed by atoms with Crippen molar-refractivity contribution in [2.24, 2.45) is 0 Å². The van der Waals surface area contributed by atoms with Crippen LogP contribution in [0, 0.1) is 6.92 Å². The largest absolute Gasteiger partial charge is 0.311 e. The van der Waals surface area contributed by atoms with Gasteiger partial charge in [0.2, 0.25) is 0 Å². The number of amides is 1. The molecule has 0 heterocycles. The van der Waals surface area contributed by atoms with Crippen LogP contribution in [0.15, 0.2) is 77.3 Å². The molecule has 0 saturated heterocycles. The molecular weight excluding hydrogens is 503 g/mol. The summed E-state index contributed by atoms with van der Waals surface area (Å²) in [4.78, 5) is 14.9. The molecule has 0 saturated carbocycles. The van der Waals surface area contributed by atoms with E-state index in [1.165, 1.54) is 0 Å². The van der Waals surface area contributed by atoms with Crippen LogP contribution >= 0.6 is 38.8 Å². The second-order valence-corrected chi connectivity index (χ2v) is 7.81. The van der Waals surface area contributed by atoms with Crippen molar-refractivity contribution in [3.05, 3.63) is 88.4 Å². The Morgan fingerprint density at radius 2 is 1.58 bits per heavy atom. The molecule has 1 amide bonds. The van der Waals surface area contributed by atoms with Crippen molar-refractivity contribution >= 4 is 61.8 Å². The minimum atomic E-state index is -0.0530. The van der Waals surface area contributed by atoms with Gasteiger partial charge in [-0.15, -0.1) is 0 Å². The molecule has 0 aliphatic carbocycles. The van der Waals surface area contributed by atoms with Crippen molar-refractivity contribution in [3.63, 3.8) is 0 Å². The van der Waals surface area contributed by atoms with E-state index in [1.807, 2.05) is 63.8 Å². The van der Waals surface area contributed by atoms with Gasteiger partial charge in [0, 0.05) is 17.2 Å². The second kappa shape index (κ2) is 8.22. The maximum Gasteiger partial charge on any atom is 0.260 e. The number of aryl methyl sites for hydroxylation is 1. The van der Waals surface area contributed by atoms with E-state index in [2.05, 4.69) is 57.9 Å². The van der Waals surface area contributed by atoms with E-state index in [0.717, 1.165) is 27.1 Å². The summed E-state index contributed by atoms with van der Waals surface area (Å²) in [6.07, 6.45) is 0. The van der Waals surface area contributed by atoms with E-state index in [4.69, 9.17) is 0 Å². The molecule has 0 spiro atoms. The van der Waals surface area contributed by atoms with Gasteiger partial charge in [-0.1, -0.05) is 52.3 Å². The fourth-order valence-corrected chi connectivity index (χ4v) is 4.04. The lowest BCUT2D eigenvalue weighted by Crippen LogP contribution is -2.27. The summed E-state index contributed by atoms with van der Waals surface area (Å²) in [5, 5.41) is 0. The molecule has 0 atom stereocenters. The van der Waals surface area contributed by atoms with Crippen LogP contribution in [-0.4, -0.2) is 13.0 Å². The summed E-state index contributed by atoms with van der Waals surface area (Å²) >= 11 is 5.75. The van der Waals surface area contributed by atoms with Crippen LogP contribution in [0.4, 0.5) is 17.1 Å². The lowest BCUT2D eigenvalue weighted by molar-refractivity contribution is 0.0993. The first-order valence-electron chi connectivity index (χ1n) is 8.13. The molecular formula is C21H18BrIN2O. The predicted molar refractivity (Wildman–Crippen MR) is 121 cm³/mol. The summed E-state index contributed by atoms with van der Waals surface area (Å²) in [5.41, 5.74) is 4.57. The minimum absolute atomic E-state index is 0.0530. The number of benzene rings is 3. The first kappa shape index (κ1) is 18.9. The molecule has 0 unspecified atom stereocenters. The SMILES string of the molecule is Cc1ccccc1N(I)c1ccc(Br)cc1C(=O)N(C)c1ccccc1. The van der Waals surface area contributed by atoms with Crippen molar-refractivity contribution in [2.75, 3.05) is 15.1 Å². The maximum absolute atomic E-state index is 13.2. The third-order valence-corrected chi connectivity index (χ3v) is 5.71. The van der Waals surface area contributed by atoms with E-state index in [0.29, 0.717) is 5.56 Å². The van der Waals surface area contributed by atoms with Crippen LogP contribution in [-0.2, 0) is 0 Å². The van der Waals surface area contributed by atoms with Gasteiger partial charge in [0.05, 0.1) is 39.8 Å². The normalized spacial score (nSPS) is 10.5. The molecule has 0 radical (unpaired) electrons. The summed E-state index contributed by atoms with van der Waals surface area (Å²) < 4.78 is 2.91. The van der Waals surface area contributed by atoms with Gasteiger partial charge in [-0.2, -0.15) is 0 Å². The smallest absolute Gasteiger partial charge is 0.260 e. The van der Waals surface area contributed by atoms with Crippen molar-refractivity contribution in [1.82, 2.24) is 0 Å². The summed E-state index contributed by atoms with van der Waals surface area (Å²) in [6, 6.07) is 23.6. The average Bonchev–Trinajstić information content (AvgIpc) is 2.67. The second-order valence-electron chi connectivity index (χ2n) is 5.93. The number of hydrogen-bond acceptors (Lipinski definition) is 2. The highest BCUT2D eigenvalue weighted by atomic mass is 127. The maximum atomic E-state index is 13.2. The zero-order valence-electron chi connectivity index (χ0n) is 14.5. The van der Waals surface area contributed by atoms with E-state index in [-0.39, 0.29) is 5.91 Å².